The molecule has 0 saturated carbocycles. The zero-order valence-corrected chi connectivity index (χ0v) is 15.4. The van der Waals surface area contributed by atoms with Crippen LogP contribution in [0, 0.1) is 6.92 Å². The lowest BCUT2D eigenvalue weighted by Gasteiger charge is -2.19. The predicted molar refractivity (Wildman–Crippen MR) is 91.4 cm³/mol. The second-order valence-corrected chi connectivity index (χ2v) is 7.57. The fourth-order valence-corrected chi connectivity index (χ4v) is 3.21. The van der Waals surface area contributed by atoms with E-state index < -0.39 is 0 Å². The summed E-state index contributed by atoms with van der Waals surface area (Å²) >= 11 is 0. The van der Waals surface area contributed by atoms with Gasteiger partial charge in [0.25, 0.3) is 0 Å². The van der Waals surface area contributed by atoms with Gasteiger partial charge >= 0.3 is 0 Å². The highest BCUT2D eigenvalue weighted by Crippen LogP contribution is 2.24. The molecule has 0 spiro atoms. The molecule has 0 bridgehead atoms. The summed E-state index contributed by atoms with van der Waals surface area (Å²) in [6.07, 6.45) is 3.90. The molecule has 0 atom stereocenters. The van der Waals surface area contributed by atoms with E-state index in [-0.39, 0.29) is 5.41 Å². The Bertz CT molecular complexity index is 653. The van der Waals surface area contributed by atoms with E-state index in [0.717, 1.165) is 24.5 Å². The Hall–Kier alpha value is -1.58. The van der Waals surface area contributed by atoms with Crippen molar-refractivity contribution in [1.29, 1.82) is 0 Å². The summed E-state index contributed by atoms with van der Waals surface area (Å²) in [5, 5.41) is 0. The van der Waals surface area contributed by atoms with Crippen molar-refractivity contribution in [1.82, 2.24) is 19.1 Å². The summed E-state index contributed by atoms with van der Waals surface area (Å²) in [7, 11) is 4.23. The number of aromatic nitrogens is 4. The Morgan fingerprint density at radius 1 is 1.09 bits per heavy atom. The van der Waals surface area contributed by atoms with E-state index in [2.05, 4.69) is 69.8 Å². The minimum absolute atomic E-state index is 0.130. The van der Waals surface area contributed by atoms with E-state index in [1.54, 1.807) is 0 Å². The van der Waals surface area contributed by atoms with Crippen LogP contribution in [0.25, 0.3) is 0 Å². The van der Waals surface area contributed by atoms with E-state index in [0.29, 0.717) is 5.92 Å². The zero-order valence-electron chi connectivity index (χ0n) is 15.4. The first-order valence-corrected chi connectivity index (χ1v) is 8.16. The third-order valence-corrected chi connectivity index (χ3v) is 4.42. The summed E-state index contributed by atoms with van der Waals surface area (Å²) in [6, 6.07) is 0. The highest BCUT2D eigenvalue weighted by molar-refractivity contribution is 5.22. The van der Waals surface area contributed by atoms with Gasteiger partial charge in [0.05, 0.1) is 5.69 Å². The molecule has 0 amide bonds. The molecular formula is C18H30N4. The lowest BCUT2D eigenvalue weighted by molar-refractivity contribution is 0.536. The van der Waals surface area contributed by atoms with Crippen LogP contribution in [0.1, 0.15) is 69.3 Å². The Labute approximate surface area is 134 Å². The second kappa shape index (κ2) is 5.90. The molecule has 0 radical (unpaired) electrons. The van der Waals surface area contributed by atoms with E-state index >= 15 is 0 Å². The first kappa shape index (κ1) is 16.8. The van der Waals surface area contributed by atoms with Gasteiger partial charge in [-0.15, -0.1) is 0 Å². The maximum atomic E-state index is 4.76. The van der Waals surface area contributed by atoms with Gasteiger partial charge in [-0.25, -0.2) is 9.97 Å². The molecule has 2 rings (SSSR count). The van der Waals surface area contributed by atoms with Gasteiger partial charge in [0.15, 0.2) is 0 Å². The number of hydrogen-bond donors (Lipinski definition) is 0. The van der Waals surface area contributed by atoms with Crippen molar-refractivity contribution >= 4 is 0 Å². The molecule has 0 unspecified atom stereocenters. The lowest BCUT2D eigenvalue weighted by atomic mass is 9.93. The minimum atomic E-state index is 0.130. The molecule has 0 fully saturated rings. The number of rotatable bonds is 4. The third-order valence-electron chi connectivity index (χ3n) is 4.42. The highest BCUT2D eigenvalue weighted by atomic mass is 15.1. The Kier molecular flexibility index (Phi) is 4.50. The minimum Gasteiger partial charge on any atom is -0.335 e. The van der Waals surface area contributed by atoms with Crippen LogP contribution in [-0.2, 0) is 32.4 Å². The van der Waals surface area contributed by atoms with Gasteiger partial charge in [-0.05, 0) is 19.3 Å². The van der Waals surface area contributed by atoms with Crippen LogP contribution in [0.5, 0.6) is 0 Å². The standard InChI is InChI=1S/C18H30N4/c1-12(2)17-14(20-13(3)21(17)7)9-10-16-19-11-15(22(16)8)18(4,5)6/h11-12H,9-10H2,1-8H3. The molecule has 0 saturated heterocycles. The van der Waals surface area contributed by atoms with Crippen LogP contribution in [-0.4, -0.2) is 19.1 Å². The van der Waals surface area contributed by atoms with E-state index in [1.165, 1.54) is 17.1 Å². The van der Waals surface area contributed by atoms with Crippen LogP contribution < -0.4 is 0 Å². The van der Waals surface area contributed by atoms with Crippen molar-refractivity contribution in [2.45, 2.75) is 65.7 Å². The molecule has 0 aromatic carbocycles. The van der Waals surface area contributed by atoms with Gasteiger partial charge in [0.2, 0.25) is 0 Å². The number of aryl methyl sites for hydroxylation is 3. The number of hydrogen-bond acceptors (Lipinski definition) is 2. The van der Waals surface area contributed by atoms with E-state index in [9.17, 15) is 0 Å². The predicted octanol–water partition coefficient (Wildman–Crippen LogP) is 3.67. The third kappa shape index (κ3) is 3.11. The topological polar surface area (TPSA) is 35.6 Å². The Balaban J connectivity index is 2.22. The van der Waals surface area contributed by atoms with Gasteiger partial charge in [0, 0.05) is 43.5 Å². The van der Waals surface area contributed by atoms with Crippen molar-refractivity contribution in [2.24, 2.45) is 14.1 Å². The van der Waals surface area contributed by atoms with Gasteiger partial charge in [0.1, 0.15) is 11.6 Å². The van der Waals surface area contributed by atoms with Crippen molar-refractivity contribution < 1.29 is 0 Å². The fraction of sp³-hybridized carbons (Fsp3) is 0.667. The van der Waals surface area contributed by atoms with Crippen molar-refractivity contribution in [3.63, 3.8) is 0 Å². The van der Waals surface area contributed by atoms with Crippen LogP contribution in [0.4, 0.5) is 0 Å². The molecule has 0 aliphatic carbocycles. The molecule has 22 heavy (non-hydrogen) atoms. The van der Waals surface area contributed by atoms with Crippen molar-refractivity contribution in [3.05, 3.63) is 34.9 Å². The van der Waals surface area contributed by atoms with Crippen LogP contribution in [0.2, 0.25) is 0 Å². The smallest absolute Gasteiger partial charge is 0.108 e. The molecule has 0 aliphatic rings. The molecule has 0 N–H and O–H groups in total. The summed E-state index contributed by atoms with van der Waals surface area (Å²) in [5.74, 6) is 2.73. The first-order valence-electron chi connectivity index (χ1n) is 8.16. The monoisotopic (exact) mass is 302 g/mol. The number of nitrogens with zero attached hydrogens (tertiary/aromatic N) is 4. The maximum Gasteiger partial charge on any atom is 0.108 e. The SMILES string of the molecule is Cc1nc(CCc2ncc(C(C)(C)C)n2C)c(C(C)C)n1C. The largest absolute Gasteiger partial charge is 0.335 e. The molecule has 2 aromatic rings. The molecule has 2 heterocycles. The maximum absolute atomic E-state index is 4.76. The van der Waals surface area contributed by atoms with Gasteiger partial charge in [-0.3, -0.25) is 0 Å². The average Bonchev–Trinajstić information content (AvgIpc) is 2.88. The first-order chi connectivity index (χ1) is 10.1. The Morgan fingerprint density at radius 3 is 2.23 bits per heavy atom. The van der Waals surface area contributed by atoms with Crippen LogP contribution in [0.15, 0.2) is 6.20 Å². The van der Waals surface area contributed by atoms with Gasteiger partial charge < -0.3 is 9.13 Å². The van der Waals surface area contributed by atoms with Crippen LogP contribution >= 0.6 is 0 Å². The van der Waals surface area contributed by atoms with Crippen molar-refractivity contribution in [2.75, 3.05) is 0 Å². The highest BCUT2D eigenvalue weighted by Gasteiger charge is 2.20. The molecule has 2 aromatic heterocycles. The van der Waals surface area contributed by atoms with Crippen LogP contribution in [0.3, 0.4) is 0 Å². The zero-order chi connectivity index (χ0) is 16.7. The summed E-state index contributed by atoms with van der Waals surface area (Å²) in [6.45, 7) is 13.2. The van der Waals surface area contributed by atoms with E-state index in [4.69, 9.17) is 4.98 Å². The second-order valence-electron chi connectivity index (χ2n) is 7.57. The lowest BCUT2D eigenvalue weighted by Crippen LogP contribution is -2.17. The molecule has 4 nitrogen and oxygen atoms in total. The van der Waals surface area contributed by atoms with Crippen molar-refractivity contribution in [3.8, 4) is 0 Å². The number of imidazole rings is 2. The molecule has 122 valence electrons. The quantitative estimate of drug-likeness (QED) is 0.864. The molecule has 4 heteroatoms. The van der Waals surface area contributed by atoms with E-state index in [1.807, 2.05) is 6.20 Å². The van der Waals surface area contributed by atoms with Gasteiger partial charge in [-0.2, -0.15) is 0 Å². The molecular weight excluding hydrogens is 272 g/mol. The summed E-state index contributed by atoms with van der Waals surface area (Å²) in [4.78, 5) is 9.39. The Morgan fingerprint density at radius 2 is 1.73 bits per heavy atom. The summed E-state index contributed by atoms with van der Waals surface area (Å²) < 4.78 is 4.46. The molecule has 0 aliphatic heterocycles. The normalized spacial score (nSPS) is 12.4. The summed E-state index contributed by atoms with van der Waals surface area (Å²) in [5.41, 5.74) is 3.98. The fourth-order valence-electron chi connectivity index (χ4n) is 3.21. The average molecular weight is 302 g/mol. The van der Waals surface area contributed by atoms with Gasteiger partial charge in [-0.1, -0.05) is 34.6 Å².